The van der Waals surface area contributed by atoms with Crippen molar-refractivity contribution in [2.24, 2.45) is 0 Å². The Bertz CT molecular complexity index is 317. The highest BCUT2D eigenvalue weighted by molar-refractivity contribution is 5.92. The normalized spacial score (nSPS) is 9.85. The molecule has 1 heterocycles. The fraction of sp³-hybridized carbons (Fsp3) is 0. The number of nitrogens with zero attached hydrogens (tertiary/aromatic N) is 1. The predicted molar refractivity (Wildman–Crippen MR) is 51.6 cm³/mol. The van der Waals surface area contributed by atoms with Crippen molar-refractivity contribution in [1.82, 2.24) is 10.3 Å². The maximum absolute atomic E-state index is 10.9. The van der Waals surface area contributed by atoms with Crippen molar-refractivity contribution in [3.63, 3.8) is 0 Å². The minimum absolute atomic E-state index is 0.188. The van der Waals surface area contributed by atoms with E-state index in [0.717, 1.165) is 5.56 Å². The van der Waals surface area contributed by atoms with Gasteiger partial charge in [-0.1, -0.05) is 6.58 Å². The Morgan fingerprint density at radius 3 is 2.77 bits per heavy atom. The van der Waals surface area contributed by atoms with Gasteiger partial charge in [-0.2, -0.15) is 0 Å². The molecule has 0 radical (unpaired) electrons. The third-order valence-electron chi connectivity index (χ3n) is 1.38. The Hall–Kier alpha value is -1.90. The SMILES string of the molecule is C=CNC(=O)C=Cc1ccncc1. The number of nitrogens with one attached hydrogen (secondary N) is 1. The van der Waals surface area contributed by atoms with E-state index in [1.807, 2.05) is 12.1 Å². The van der Waals surface area contributed by atoms with E-state index >= 15 is 0 Å². The molecule has 0 saturated carbocycles. The Kier molecular flexibility index (Phi) is 3.45. The summed E-state index contributed by atoms with van der Waals surface area (Å²) in [6, 6.07) is 3.63. The van der Waals surface area contributed by atoms with Crippen LogP contribution in [0.1, 0.15) is 5.56 Å². The molecule has 1 amide bonds. The molecule has 0 atom stereocenters. The first kappa shape index (κ1) is 9.19. The lowest BCUT2D eigenvalue weighted by atomic mass is 10.2. The molecular formula is C10H10N2O. The van der Waals surface area contributed by atoms with Crippen molar-refractivity contribution in [3.05, 3.63) is 48.9 Å². The van der Waals surface area contributed by atoms with Gasteiger partial charge in [-0.15, -0.1) is 0 Å². The second kappa shape index (κ2) is 4.87. The molecule has 3 nitrogen and oxygen atoms in total. The number of amides is 1. The summed E-state index contributed by atoms with van der Waals surface area (Å²) >= 11 is 0. The monoisotopic (exact) mass is 174 g/mol. The quantitative estimate of drug-likeness (QED) is 0.703. The first-order valence-electron chi connectivity index (χ1n) is 3.82. The predicted octanol–water partition coefficient (Wildman–Crippen LogP) is 1.35. The molecule has 13 heavy (non-hydrogen) atoms. The topological polar surface area (TPSA) is 42.0 Å². The largest absolute Gasteiger partial charge is 0.330 e. The zero-order valence-corrected chi connectivity index (χ0v) is 7.10. The van der Waals surface area contributed by atoms with Crippen LogP contribution < -0.4 is 5.32 Å². The van der Waals surface area contributed by atoms with Crippen molar-refractivity contribution in [1.29, 1.82) is 0 Å². The molecule has 1 aromatic rings. The van der Waals surface area contributed by atoms with E-state index in [1.54, 1.807) is 18.5 Å². The molecule has 0 bridgehead atoms. The molecule has 66 valence electrons. The van der Waals surface area contributed by atoms with Crippen LogP contribution in [0, 0.1) is 0 Å². The third kappa shape index (κ3) is 3.33. The maximum atomic E-state index is 10.9. The van der Waals surface area contributed by atoms with Crippen LogP contribution in [-0.4, -0.2) is 10.9 Å². The summed E-state index contributed by atoms with van der Waals surface area (Å²) < 4.78 is 0. The van der Waals surface area contributed by atoms with Crippen LogP contribution in [0.4, 0.5) is 0 Å². The lowest BCUT2D eigenvalue weighted by Gasteiger charge is -1.91. The van der Waals surface area contributed by atoms with Crippen molar-refractivity contribution in [3.8, 4) is 0 Å². The highest BCUT2D eigenvalue weighted by atomic mass is 16.1. The Labute approximate surface area is 76.8 Å². The summed E-state index contributed by atoms with van der Waals surface area (Å²) in [6.07, 6.45) is 7.84. The third-order valence-corrected chi connectivity index (χ3v) is 1.38. The zero-order valence-electron chi connectivity index (χ0n) is 7.10. The smallest absolute Gasteiger partial charge is 0.247 e. The van der Waals surface area contributed by atoms with Crippen LogP contribution in [0.3, 0.4) is 0 Å². The standard InChI is InChI=1S/C10H10N2O/c1-2-12-10(13)4-3-9-5-7-11-8-6-9/h2-8H,1H2,(H,12,13). The van der Waals surface area contributed by atoms with Gasteiger partial charge in [-0.05, 0) is 30.0 Å². The van der Waals surface area contributed by atoms with E-state index < -0.39 is 0 Å². The highest BCUT2D eigenvalue weighted by Gasteiger charge is 1.89. The Morgan fingerprint density at radius 2 is 2.15 bits per heavy atom. The van der Waals surface area contributed by atoms with Gasteiger partial charge in [0.1, 0.15) is 0 Å². The average Bonchev–Trinajstić information content (AvgIpc) is 2.17. The van der Waals surface area contributed by atoms with Gasteiger partial charge < -0.3 is 5.32 Å². The molecule has 0 spiro atoms. The fourth-order valence-corrected chi connectivity index (χ4v) is 0.795. The molecule has 0 fully saturated rings. The fourth-order valence-electron chi connectivity index (χ4n) is 0.795. The lowest BCUT2D eigenvalue weighted by molar-refractivity contribution is -0.115. The zero-order chi connectivity index (χ0) is 9.52. The summed E-state index contributed by atoms with van der Waals surface area (Å²) in [7, 11) is 0. The summed E-state index contributed by atoms with van der Waals surface area (Å²) in [5.74, 6) is -0.188. The van der Waals surface area contributed by atoms with E-state index in [1.165, 1.54) is 12.3 Å². The second-order valence-electron chi connectivity index (χ2n) is 2.33. The number of rotatable bonds is 3. The molecule has 0 unspecified atom stereocenters. The number of hydrogen-bond acceptors (Lipinski definition) is 2. The van der Waals surface area contributed by atoms with E-state index in [0.29, 0.717) is 0 Å². The van der Waals surface area contributed by atoms with Crippen LogP contribution >= 0.6 is 0 Å². The van der Waals surface area contributed by atoms with E-state index in [4.69, 9.17) is 0 Å². The van der Waals surface area contributed by atoms with Crippen molar-refractivity contribution >= 4 is 12.0 Å². The number of hydrogen-bond donors (Lipinski definition) is 1. The van der Waals surface area contributed by atoms with E-state index in [9.17, 15) is 4.79 Å². The number of carbonyl (C=O) groups excluding carboxylic acids is 1. The molecule has 3 heteroatoms. The van der Waals surface area contributed by atoms with Gasteiger partial charge in [0.25, 0.3) is 0 Å². The minimum atomic E-state index is -0.188. The molecule has 0 aromatic carbocycles. The van der Waals surface area contributed by atoms with Gasteiger partial charge in [-0.25, -0.2) is 0 Å². The van der Waals surface area contributed by atoms with Crippen molar-refractivity contribution in [2.45, 2.75) is 0 Å². The van der Waals surface area contributed by atoms with Crippen LogP contribution in [-0.2, 0) is 4.79 Å². The maximum Gasteiger partial charge on any atom is 0.247 e. The molecule has 1 N–H and O–H groups in total. The summed E-state index contributed by atoms with van der Waals surface area (Å²) in [5.41, 5.74) is 0.939. The molecule has 0 saturated heterocycles. The summed E-state index contributed by atoms with van der Waals surface area (Å²) in [5, 5.41) is 2.44. The number of aromatic nitrogens is 1. The van der Waals surface area contributed by atoms with Gasteiger partial charge in [0.05, 0.1) is 0 Å². The molecule has 0 aliphatic heterocycles. The molecular weight excluding hydrogens is 164 g/mol. The minimum Gasteiger partial charge on any atom is -0.330 e. The van der Waals surface area contributed by atoms with Crippen molar-refractivity contribution in [2.75, 3.05) is 0 Å². The Balaban J connectivity index is 2.58. The first-order valence-corrected chi connectivity index (χ1v) is 3.82. The second-order valence-corrected chi connectivity index (χ2v) is 2.33. The molecule has 0 aliphatic carbocycles. The van der Waals surface area contributed by atoms with Crippen LogP contribution in [0.5, 0.6) is 0 Å². The van der Waals surface area contributed by atoms with Gasteiger partial charge in [-0.3, -0.25) is 9.78 Å². The van der Waals surface area contributed by atoms with E-state index in [-0.39, 0.29) is 5.91 Å². The number of pyridine rings is 1. The van der Waals surface area contributed by atoms with Crippen LogP contribution in [0.15, 0.2) is 43.4 Å². The number of carbonyl (C=O) groups is 1. The Morgan fingerprint density at radius 1 is 1.46 bits per heavy atom. The lowest BCUT2D eigenvalue weighted by Crippen LogP contribution is -2.12. The molecule has 0 aliphatic rings. The molecule has 1 rings (SSSR count). The molecule has 1 aromatic heterocycles. The van der Waals surface area contributed by atoms with Crippen LogP contribution in [0.2, 0.25) is 0 Å². The highest BCUT2D eigenvalue weighted by Crippen LogP contribution is 1.98. The van der Waals surface area contributed by atoms with Gasteiger partial charge in [0.2, 0.25) is 5.91 Å². The van der Waals surface area contributed by atoms with Gasteiger partial charge >= 0.3 is 0 Å². The van der Waals surface area contributed by atoms with Crippen molar-refractivity contribution < 1.29 is 4.79 Å². The summed E-state index contributed by atoms with van der Waals surface area (Å²) in [4.78, 5) is 14.8. The summed E-state index contributed by atoms with van der Waals surface area (Å²) in [6.45, 7) is 3.38. The van der Waals surface area contributed by atoms with Gasteiger partial charge in [0.15, 0.2) is 0 Å². The first-order chi connectivity index (χ1) is 6.33. The van der Waals surface area contributed by atoms with Gasteiger partial charge in [0, 0.05) is 18.5 Å². The average molecular weight is 174 g/mol. The van der Waals surface area contributed by atoms with E-state index in [2.05, 4.69) is 16.9 Å². The van der Waals surface area contributed by atoms with Crippen LogP contribution in [0.25, 0.3) is 6.08 Å².